The summed E-state index contributed by atoms with van der Waals surface area (Å²) in [5, 5.41) is 0. The zero-order valence-corrected chi connectivity index (χ0v) is 13.6. The van der Waals surface area contributed by atoms with Crippen molar-refractivity contribution in [1.82, 2.24) is 4.90 Å². The highest BCUT2D eigenvalue weighted by Crippen LogP contribution is 2.28. The Hall–Kier alpha value is -1.56. The first kappa shape index (κ1) is 15.8. The van der Waals surface area contributed by atoms with Crippen LogP contribution in [0, 0.1) is 6.92 Å². The Bertz CT molecular complexity index is 568. The third kappa shape index (κ3) is 3.56. The molecule has 0 unspecified atom stereocenters. The van der Waals surface area contributed by atoms with Crippen LogP contribution < -0.4 is 11.5 Å². The lowest BCUT2D eigenvalue weighted by molar-refractivity contribution is -0.119. The zero-order chi connectivity index (χ0) is 15.6. The molecular formula is C15H20BrN3O2. The van der Waals surface area contributed by atoms with Crippen molar-refractivity contribution in [2.24, 2.45) is 5.73 Å². The number of hydrogen-bond donors (Lipinski definition) is 2. The molecule has 21 heavy (non-hydrogen) atoms. The number of nitrogens with zero attached hydrogens (tertiary/aromatic N) is 1. The maximum atomic E-state index is 12.8. The number of carbonyl (C=O) groups excluding carboxylic acids is 2. The van der Waals surface area contributed by atoms with E-state index in [0.717, 1.165) is 35.7 Å². The first-order chi connectivity index (χ1) is 9.90. The third-order valence-electron chi connectivity index (χ3n) is 4.00. The number of nitrogens with two attached hydrogens (primary N) is 2. The lowest BCUT2D eigenvalue weighted by atomic mass is 10.0. The van der Waals surface area contributed by atoms with Gasteiger partial charge in [0.05, 0.1) is 6.54 Å². The third-order valence-corrected chi connectivity index (χ3v) is 4.45. The van der Waals surface area contributed by atoms with Crippen LogP contribution in [-0.2, 0) is 4.79 Å². The molecular weight excluding hydrogens is 334 g/mol. The number of carbonyl (C=O) groups is 2. The van der Waals surface area contributed by atoms with Gasteiger partial charge in [0.2, 0.25) is 5.91 Å². The summed E-state index contributed by atoms with van der Waals surface area (Å²) < 4.78 is 0.749. The number of hydrogen-bond acceptors (Lipinski definition) is 3. The van der Waals surface area contributed by atoms with Crippen LogP contribution >= 0.6 is 15.9 Å². The minimum Gasteiger partial charge on any atom is -0.398 e. The van der Waals surface area contributed by atoms with E-state index in [-0.39, 0.29) is 18.5 Å². The second-order valence-electron chi connectivity index (χ2n) is 5.51. The number of halogens is 1. The molecule has 1 aliphatic carbocycles. The number of nitrogen functional groups attached to an aromatic ring is 1. The maximum Gasteiger partial charge on any atom is 0.254 e. The van der Waals surface area contributed by atoms with Crippen molar-refractivity contribution in [1.29, 1.82) is 0 Å². The largest absolute Gasteiger partial charge is 0.398 e. The second kappa shape index (κ2) is 6.47. The van der Waals surface area contributed by atoms with Crippen LogP contribution in [-0.4, -0.2) is 29.3 Å². The lowest BCUT2D eigenvalue weighted by Gasteiger charge is -2.28. The van der Waals surface area contributed by atoms with Crippen LogP contribution in [0.4, 0.5) is 5.69 Å². The maximum absolute atomic E-state index is 12.8. The van der Waals surface area contributed by atoms with E-state index in [9.17, 15) is 9.59 Å². The Kier molecular flexibility index (Phi) is 4.88. The molecule has 4 N–H and O–H groups in total. The van der Waals surface area contributed by atoms with Crippen LogP contribution in [0.2, 0.25) is 0 Å². The average molecular weight is 354 g/mol. The first-order valence-electron chi connectivity index (χ1n) is 7.05. The van der Waals surface area contributed by atoms with Crippen molar-refractivity contribution in [2.45, 2.75) is 38.6 Å². The van der Waals surface area contributed by atoms with Crippen molar-refractivity contribution in [3.8, 4) is 0 Å². The van der Waals surface area contributed by atoms with Gasteiger partial charge in [0, 0.05) is 21.8 Å². The molecule has 1 aliphatic rings. The summed E-state index contributed by atoms with van der Waals surface area (Å²) in [6.07, 6.45) is 3.99. The van der Waals surface area contributed by atoms with Crippen molar-refractivity contribution in [3.63, 3.8) is 0 Å². The Morgan fingerprint density at radius 1 is 1.33 bits per heavy atom. The summed E-state index contributed by atoms with van der Waals surface area (Å²) >= 11 is 3.36. The van der Waals surface area contributed by atoms with Crippen molar-refractivity contribution in [3.05, 3.63) is 27.7 Å². The molecule has 114 valence electrons. The van der Waals surface area contributed by atoms with Crippen LogP contribution in [0.5, 0.6) is 0 Å². The predicted molar refractivity (Wildman–Crippen MR) is 85.8 cm³/mol. The summed E-state index contributed by atoms with van der Waals surface area (Å²) in [5.41, 5.74) is 13.0. The minimum atomic E-state index is -0.490. The second-order valence-corrected chi connectivity index (χ2v) is 6.42. The van der Waals surface area contributed by atoms with E-state index in [0.29, 0.717) is 11.3 Å². The number of anilines is 1. The highest BCUT2D eigenvalue weighted by atomic mass is 79.9. The first-order valence-corrected chi connectivity index (χ1v) is 7.84. The van der Waals surface area contributed by atoms with E-state index < -0.39 is 5.91 Å². The van der Waals surface area contributed by atoms with Gasteiger partial charge >= 0.3 is 0 Å². The molecule has 0 aromatic heterocycles. The van der Waals surface area contributed by atoms with Crippen molar-refractivity contribution >= 4 is 33.4 Å². The molecule has 1 aromatic carbocycles. The molecule has 0 bridgehead atoms. The normalized spacial score (nSPS) is 15.1. The smallest absolute Gasteiger partial charge is 0.254 e. The van der Waals surface area contributed by atoms with Crippen LogP contribution in [0.25, 0.3) is 0 Å². The average Bonchev–Trinajstić information content (AvgIpc) is 2.93. The van der Waals surface area contributed by atoms with Crippen molar-refractivity contribution in [2.75, 3.05) is 12.3 Å². The van der Waals surface area contributed by atoms with Gasteiger partial charge in [-0.1, -0.05) is 28.8 Å². The summed E-state index contributed by atoms with van der Waals surface area (Å²) in [6, 6.07) is 3.60. The Morgan fingerprint density at radius 2 is 1.95 bits per heavy atom. The van der Waals surface area contributed by atoms with Gasteiger partial charge in [-0.15, -0.1) is 0 Å². The molecule has 5 nitrogen and oxygen atoms in total. The Labute approximate surface area is 132 Å². The molecule has 0 radical (unpaired) electrons. The van der Waals surface area contributed by atoms with Gasteiger partial charge in [0.25, 0.3) is 5.91 Å². The fourth-order valence-electron chi connectivity index (χ4n) is 2.83. The molecule has 0 saturated heterocycles. The van der Waals surface area contributed by atoms with E-state index in [2.05, 4.69) is 15.9 Å². The molecule has 0 spiro atoms. The number of amides is 2. The Morgan fingerprint density at radius 3 is 2.52 bits per heavy atom. The fourth-order valence-corrected chi connectivity index (χ4v) is 3.30. The van der Waals surface area contributed by atoms with Gasteiger partial charge in [-0.05, 0) is 37.5 Å². The highest BCUT2D eigenvalue weighted by molar-refractivity contribution is 9.10. The van der Waals surface area contributed by atoms with Crippen LogP contribution in [0.1, 0.15) is 41.6 Å². The SMILES string of the molecule is Cc1c(N)cc(Br)cc1C(=O)N(CC(N)=O)C1CCCC1. The standard InChI is InChI=1S/C15H20BrN3O2/c1-9-12(6-10(16)7-13(9)17)15(21)19(8-14(18)20)11-4-2-3-5-11/h6-7,11H,2-5,8,17H2,1H3,(H2,18,20). The van der Waals surface area contributed by atoms with E-state index in [1.165, 1.54) is 0 Å². The fraction of sp³-hybridized carbons (Fsp3) is 0.467. The van der Waals surface area contributed by atoms with Crippen LogP contribution in [0.15, 0.2) is 16.6 Å². The van der Waals surface area contributed by atoms with E-state index >= 15 is 0 Å². The minimum absolute atomic E-state index is 0.0463. The van der Waals surface area contributed by atoms with E-state index in [4.69, 9.17) is 11.5 Å². The van der Waals surface area contributed by atoms with Gasteiger partial charge in [-0.25, -0.2) is 0 Å². The summed E-state index contributed by atoms with van der Waals surface area (Å²) in [7, 11) is 0. The van der Waals surface area contributed by atoms with Crippen LogP contribution in [0.3, 0.4) is 0 Å². The van der Waals surface area contributed by atoms with E-state index in [1.54, 1.807) is 17.0 Å². The number of benzene rings is 1. The molecule has 0 aliphatic heterocycles. The monoisotopic (exact) mass is 353 g/mol. The molecule has 6 heteroatoms. The Balaban J connectivity index is 2.35. The zero-order valence-electron chi connectivity index (χ0n) is 12.1. The van der Waals surface area contributed by atoms with Gasteiger partial charge in [0.15, 0.2) is 0 Å². The highest BCUT2D eigenvalue weighted by Gasteiger charge is 2.29. The molecule has 1 fully saturated rings. The molecule has 0 heterocycles. The van der Waals surface area contributed by atoms with E-state index in [1.807, 2.05) is 6.92 Å². The molecule has 1 saturated carbocycles. The molecule has 2 rings (SSSR count). The van der Waals surface area contributed by atoms with Crippen molar-refractivity contribution < 1.29 is 9.59 Å². The van der Waals surface area contributed by atoms with Gasteiger partial charge in [-0.2, -0.15) is 0 Å². The van der Waals surface area contributed by atoms with Gasteiger partial charge < -0.3 is 16.4 Å². The lowest BCUT2D eigenvalue weighted by Crippen LogP contribution is -2.44. The number of rotatable bonds is 4. The summed E-state index contributed by atoms with van der Waals surface area (Å²) in [4.78, 5) is 25.8. The van der Waals surface area contributed by atoms with Gasteiger partial charge in [0.1, 0.15) is 0 Å². The molecule has 0 atom stereocenters. The summed E-state index contributed by atoms with van der Waals surface area (Å²) in [5.74, 6) is -0.665. The number of primary amides is 1. The molecule has 2 amide bonds. The summed E-state index contributed by atoms with van der Waals surface area (Å²) in [6.45, 7) is 1.77. The topological polar surface area (TPSA) is 89.4 Å². The molecule has 1 aromatic rings. The van der Waals surface area contributed by atoms with Gasteiger partial charge in [-0.3, -0.25) is 9.59 Å². The predicted octanol–water partition coefficient (Wildman–Crippen LogP) is 2.21. The quantitative estimate of drug-likeness (QED) is 0.813.